The van der Waals surface area contributed by atoms with Gasteiger partial charge < -0.3 is 9.73 Å². The third kappa shape index (κ3) is 4.92. The molecule has 0 bridgehead atoms. The van der Waals surface area contributed by atoms with Gasteiger partial charge in [0.2, 0.25) is 5.91 Å². The maximum atomic E-state index is 12.1. The molecule has 1 unspecified atom stereocenters. The average Bonchev–Trinajstić information content (AvgIpc) is 3.06. The monoisotopic (exact) mass is 361 g/mol. The lowest BCUT2D eigenvalue weighted by Crippen LogP contribution is -2.37. The van der Waals surface area contributed by atoms with Gasteiger partial charge in [-0.05, 0) is 38.8 Å². The van der Waals surface area contributed by atoms with Crippen molar-refractivity contribution < 1.29 is 14.0 Å². The van der Waals surface area contributed by atoms with Crippen molar-refractivity contribution in [2.75, 3.05) is 5.75 Å². The molecule has 2 aromatic heterocycles. The van der Waals surface area contributed by atoms with E-state index in [1.54, 1.807) is 25.3 Å². The smallest absolute Gasteiger partial charge is 0.230 e. The molecule has 0 aliphatic heterocycles. The van der Waals surface area contributed by atoms with Gasteiger partial charge in [-0.2, -0.15) is 0 Å². The first-order valence-corrected chi connectivity index (χ1v) is 9.13. The third-order valence-electron chi connectivity index (χ3n) is 3.88. The van der Waals surface area contributed by atoms with Crippen molar-refractivity contribution in [2.24, 2.45) is 5.92 Å². The number of rotatable bonds is 7. The summed E-state index contributed by atoms with van der Waals surface area (Å²) in [4.78, 5) is 32.9. The Morgan fingerprint density at radius 3 is 2.56 bits per heavy atom. The first-order chi connectivity index (χ1) is 11.8. The minimum Gasteiger partial charge on any atom is -0.461 e. The number of carbonyl (C=O) groups excluding carboxylic acids is 2. The summed E-state index contributed by atoms with van der Waals surface area (Å²) in [5, 5.41) is 3.45. The first-order valence-electron chi connectivity index (χ1n) is 8.15. The highest BCUT2D eigenvalue weighted by Gasteiger charge is 2.19. The Morgan fingerprint density at radius 1 is 1.28 bits per heavy atom. The van der Waals surface area contributed by atoms with Crippen molar-refractivity contribution in [3.63, 3.8) is 0 Å². The van der Waals surface area contributed by atoms with Crippen LogP contribution in [0.25, 0.3) is 11.6 Å². The molecule has 0 spiro atoms. The van der Waals surface area contributed by atoms with E-state index in [4.69, 9.17) is 4.42 Å². The molecule has 2 aromatic rings. The van der Waals surface area contributed by atoms with E-state index < -0.39 is 0 Å². The third-order valence-corrected chi connectivity index (χ3v) is 4.85. The van der Waals surface area contributed by atoms with Gasteiger partial charge in [-0.1, -0.05) is 25.6 Å². The summed E-state index contributed by atoms with van der Waals surface area (Å²) in [6.07, 6.45) is 1.54. The Hall–Kier alpha value is -2.15. The molecule has 0 saturated carbocycles. The molecule has 0 aliphatic rings. The average molecular weight is 361 g/mol. The molecular weight excluding hydrogens is 338 g/mol. The molecule has 134 valence electrons. The molecule has 6 nitrogen and oxygen atoms in total. The number of amides is 1. The van der Waals surface area contributed by atoms with Crippen LogP contribution in [-0.4, -0.2) is 33.5 Å². The molecule has 0 radical (unpaired) electrons. The topological polar surface area (TPSA) is 85.1 Å². The zero-order chi connectivity index (χ0) is 18.6. The van der Waals surface area contributed by atoms with Crippen LogP contribution in [0.4, 0.5) is 0 Å². The Labute approximate surface area is 151 Å². The molecule has 0 saturated heterocycles. The van der Waals surface area contributed by atoms with Crippen molar-refractivity contribution in [3.8, 4) is 11.6 Å². The van der Waals surface area contributed by atoms with Gasteiger partial charge in [-0.25, -0.2) is 9.97 Å². The lowest BCUT2D eigenvalue weighted by molar-refractivity contribution is -0.119. The van der Waals surface area contributed by atoms with E-state index in [1.807, 2.05) is 6.92 Å². The fraction of sp³-hybridized carbons (Fsp3) is 0.444. The van der Waals surface area contributed by atoms with Crippen molar-refractivity contribution in [1.82, 2.24) is 15.3 Å². The van der Waals surface area contributed by atoms with Crippen molar-refractivity contribution in [2.45, 2.75) is 45.7 Å². The predicted molar refractivity (Wildman–Crippen MR) is 97.6 cm³/mol. The quantitative estimate of drug-likeness (QED) is 0.461. The normalized spacial score (nSPS) is 12.2. The number of hydrogen-bond donors (Lipinski definition) is 1. The number of thioether (sulfide) groups is 1. The lowest BCUT2D eigenvalue weighted by atomic mass is 10.1. The molecule has 0 aliphatic carbocycles. The fourth-order valence-electron chi connectivity index (χ4n) is 2.17. The summed E-state index contributed by atoms with van der Waals surface area (Å²) in [6.45, 7) is 9.31. The zero-order valence-corrected chi connectivity index (χ0v) is 15.9. The van der Waals surface area contributed by atoms with Gasteiger partial charge in [0, 0.05) is 6.04 Å². The number of Topliss-reactive ketones (excluding diaryl/α,β-unsaturated/α-hetero) is 1. The maximum absolute atomic E-state index is 12.1. The van der Waals surface area contributed by atoms with Crippen molar-refractivity contribution in [1.29, 1.82) is 0 Å². The summed E-state index contributed by atoms with van der Waals surface area (Å²) >= 11 is 1.24. The Kier molecular flexibility index (Phi) is 6.36. The van der Waals surface area contributed by atoms with Crippen LogP contribution in [0, 0.1) is 12.8 Å². The number of aryl methyl sites for hydroxylation is 1. The van der Waals surface area contributed by atoms with Gasteiger partial charge in [-0.15, -0.1) is 0 Å². The molecule has 2 heterocycles. The summed E-state index contributed by atoms with van der Waals surface area (Å²) < 4.78 is 5.34. The Morgan fingerprint density at radius 2 is 2.00 bits per heavy atom. The van der Waals surface area contributed by atoms with Gasteiger partial charge in [0.05, 0.1) is 23.3 Å². The van der Waals surface area contributed by atoms with Crippen LogP contribution in [0.15, 0.2) is 27.8 Å². The molecule has 1 N–H and O–H groups in total. The zero-order valence-electron chi connectivity index (χ0n) is 15.1. The molecule has 25 heavy (non-hydrogen) atoms. The van der Waals surface area contributed by atoms with Crippen LogP contribution in [0.1, 0.15) is 43.7 Å². The highest BCUT2D eigenvalue weighted by atomic mass is 32.2. The molecule has 2 rings (SSSR count). The Bertz CT molecular complexity index is 757. The number of ketones is 1. The Balaban J connectivity index is 2.23. The summed E-state index contributed by atoms with van der Waals surface area (Å²) in [6, 6.07) is 3.60. The fourth-order valence-corrected chi connectivity index (χ4v) is 3.11. The summed E-state index contributed by atoms with van der Waals surface area (Å²) in [5.74, 6) is 1.27. The number of hydrogen-bond acceptors (Lipinski definition) is 6. The van der Waals surface area contributed by atoms with Crippen LogP contribution in [0.5, 0.6) is 0 Å². The number of nitrogens with one attached hydrogen (secondary N) is 1. The van der Waals surface area contributed by atoms with E-state index in [0.717, 1.165) is 0 Å². The van der Waals surface area contributed by atoms with E-state index in [2.05, 4.69) is 29.1 Å². The van der Waals surface area contributed by atoms with E-state index in [9.17, 15) is 9.59 Å². The van der Waals surface area contributed by atoms with E-state index in [1.165, 1.54) is 18.7 Å². The van der Waals surface area contributed by atoms with Crippen LogP contribution in [-0.2, 0) is 4.79 Å². The molecule has 1 atom stereocenters. The van der Waals surface area contributed by atoms with Gasteiger partial charge in [0.1, 0.15) is 5.03 Å². The van der Waals surface area contributed by atoms with Gasteiger partial charge in [0.15, 0.2) is 17.4 Å². The number of carbonyl (C=O) groups is 2. The van der Waals surface area contributed by atoms with Crippen LogP contribution in [0.3, 0.4) is 0 Å². The van der Waals surface area contributed by atoms with E-state index >= 15 is 0 Å². The van der Waals surface area contributed by atoms with Crippen molar-refractivity contribution >= 4 is 23.5 Å². The van der Waals surface area contributed by atoms with Gasteiger partial charge >= 0.3 is 0 Å². The van der Waals surface area contributed by atoms with E-state index in [-0.39, 0.29) is 23.5 Å². The molecule has 0 aromatic carbocycles. The largest absolute Gasteiger partial charge is 0.461 e. The van der Waals surface area contributed by atoms with Crippen LogP contribution < -0.4 is 5.32 Å². The standard InChI is InChI=1S/C18H23N3O3S/c1-10(2)11(3)19-15(23)9-25-18-16(13(5)22)12(4)20-17(21-18)14-7-6-8-24-14/h6-8,10-11H,9H2,1-5H3,(H,19,23). The van der Waals surface area contributed by atoms with Gasteiger partial charge in [0.25, 0.3) is 0 Å². The number of furan rings is 1. The maximum Gasteiger partial charge on any atom is 0.230 e. The highest BCUT2D eigenvalue weighted by Crippen LogP contribution is 2.27. The lowest BCUT2D eigenvalue weighted by Gasteiger charge is -2.17. The second kappa shape index (κ2) is 8.29. The molecular formula is C18H23N3O3S. The van der Waals surface area contributed by atoms with Crippen LogP contribution >= 0.6 is 11.8 Å². The number of aromatic nitrogens is 2. The van der Waals surface area contributed by atoms with Gasteiger partial charge in [-0.3, -0.25) is 9.59 Å². The predicted octanol–water partition coefficient (Wildman–Crippen LogP) is 3.50. The second-order valence-corrected chi connectivity index (χ2v) is 7.20. The van der Waals surface area contributed by atoms with Crippen molar-refractivity contribution in [3.05, 3.63) is 29.7 Å². The first kappa shape index (κ1) is 19.2. The minimum atomic E-state index is -0.123. The number of nitrogens with zero attached hydrogens (tertiary/aromatic N) is 2. The molecule has 0 fully saturated rings. The molecule has 7 heteroatoms. The second-order valence-electron chi connectivity index (χ2n) is 6.24. The summed E-state index contributed by atoms with van der Waals surface area (Å²) in [7, 11) is 0. The summed E-state index contributed by atoms with van der Waals surface area (Å²) in [5.41, 5.74) is 1.03. The molecule has 1 amide bonds. The van der Waals surface area contributed by atoms with E-state index in [0.29, 0.717) is 33.8 Å². The highest BCUT2D eigenvalue weighted by molar-refractivity contribution is 8.00. The SMILES string of the molecule is CC(=O)c1c(C)nc(-c2ccco2)nc1SCC(=O)NC(C)C(C)C. The minimum absolute atomic E-state index is 0.0866. The van der Waals surface area contributed by atoms with Crippen LogP contribution in [0.2, 0.25) is 0 Å².